The predicted octanol–water partition coefficient (Wildman–Crippen LogP) is 2.54. The number of nitrogens with zero attached hydrogens (tertiary/aromatic N) is 2. The van der Waals surface area contributed by atoms with Gasteiger partial charge in [-0.25, -0.2) is 9.78 Å². The van der Waals surface area contributed by atoms with Crippen LogP contribution in [0.4, 0.5) is 10.8 Å². The number of hydrogen-bond acceptors (Lipinski definition) is 7. The number of nitro benzene ring substituents is 1. The number of anilines is 1. The lowest BCUT2D eigenvalue weighted by Crippen LogP contribution is -3.11. The third kappa shape index (κ3) is 5.62. The summed E-state index contributed by atoms with van der Waals surface area (Å²) in [5.41, 5.74) is 1.27. The first-order chi connectivity index (χ1) is 14.9. The van der Waals surface area contributed by atoms with E-state index < -0.39 is 16.8 Å². The average Bonchev–Trinajstić information content (AvgIpc) is 3.18. The summed E-state index contributed by atoms with van der Waals surface area (Å²) in [5.74, 6) is -0.814. The van der Waals surface area contributed by atoms with Crippen molar-refractivity contribution < 1.29 is 24.1 Å². The molecule has 0 spiro atoms. The summed E-state index contributed by atoms with van der Waals surface area (Å²) < 4.78 is 6.11. The summed E-state index contributed by atoms with van der Waals surface area (Å²) in [6.45, 7) is 7.27. The number of rotatable bonds is 9. The van der Waals surface area contributed by atoms with Gasteiger partial charge in [-0.3, -0.25) is 20.2 Å². The van der Waals surface area contributed by atoms with Crippen LogP contribution >= 0.6 is 11.3 Å². The van der Waals surface area contributed by atoms with Crippen molar-refractivity contribution in [3.63, 3.8) is 0 Å². The van der Waals surface area contributed by atoms with E-state index >= 15 is 0 Å². The fourth-order valence-electron chi connectivity index (χ4n) is 2.98. The summed E-state index contributed by atoms with van der Waals surface area (Å²) in [7, 11) is 0. The van der Waals surface area contributed by atoms with Crippen LogP contribution in [0.5, 0.6) is 0 Å². The molecule has 1 amide bonds. The number of nitrogens with one attached hydrogen (secondary N) is 2. The van der Waals surface area contributed by atoms with Crippen LogP contribution in [0.2, 0.25) is 0 Å². The lowest BCUT2D eigenvalue weighted by atomic mass is 10.2. The minimum absolute atomic E-state index is 0.0885. The smallest absolute Gasteiger partial charge is 0.338 e. The summed E-state index contributed by atoms with van der Waals surface area (Å²) >= 11 is 1.23. The highest BCUT2D eigenvalue weighted by Gasteiger charge is 2.14. The SMILES string of the molecule is CC[NH+](CC)CCOC(=O)c1ccc2nc(NC(=O)c3ccc([N+](=O)[O-])cc3)sc2c1. The van der Waals surface area contributed by atoms with Gasteiger partial charge in [0.15, 0.2) is 5.13 Å². The maximum absolute atomic E-state index is 12.4. The summed E-state index contributed by atoms with van der Waals surface area (Å²) in [6, 6.07) is 10.4. The monoisotopic (exact) mass is 443 g/mol. The second-order valence-corrected chi connectivity index (χ2v) is 7.83. The number of benzene rings is 2. The normalized spacial score (nSPS) is 10.9. The third-order valence-electron chi connectivity index (χ3n) is 4.87. The molecule has 10 heteroatoms. The Bertz CT molecular complexity index is 1090. The van der Waals surface area contributed by atoms with Crippen molar-refractivity contribution in [2.45, 2.75) is 13.8 Å². The molecule has 0 bridgehead atoms. The van der Waals surface area contributed by atoms with E-state index in [9.17, 15) is 19.7 Å². The van der Waals surface area contributed by atoms with E-state index in [0.717, 1.165) is 24.3 Å². The zero-order valence-corrected chi connectivity index (χ0v) is 18.0. The molecule has 9 nitrogen and oxygen atoms in total. The van der Waals surface area contributed by atoms with E-state index in [-0.39, 0.29) is 11.3 Å². The molecule has 3 aromatic rings. The minimum Gasteiger partial charge on any atom is -0.456 e. The topological polar surface area (TPSA) is 116 Å². The van der Waals surface area contributed by atoms with Crippen molar-refractivity contribution in [2.75, 3.05) is 31.6 Å². The van der Waals surface area contributed by atoms with Crippen LogP contribution in [-0.4, -0.2) is 48.0 Å². The number of esters is 1. The number of aromatic nitrogens is 1. The number of nitro groups is 1. The largest absolute Gasteiger partial charge is 0.456 e. The molecule has 0 aliphatic heterocycles. The number of hydrogen-bond donors (Lipinski definition) is 2. The number of fused-ring (bicyclic) bond motifs is 1. The number of carbonyl (C=O) groups is 2. The molecule has 3 rings (SSSR count). The van der Waals surface area contributed by atoms with Gasteiger partial charge in [-0.1, -0.05) is 11.3 Å². The second kappa shape index (κ2) is 10.1. The third-order valence-corrected chi connectivity index (χ3v) is 5.81. The molecule has 0 aliphatic carbocycles. The fourth-order valence-corrected chi connectivity index (χ4v) is 3.88. The quantitative estimate of drug-likeness (QED) is 0.298. The van der Waals surface area contributed by atoms with E-state index in [0.29, 0.717) is 22.8 Å². The summed E-state index contributed by atoms with van der Waals surface area (Å²) in [5, 5.41) is 13.8. The molecule has 162 valence electrons. The van der Waals surface area contributed by atoms with E-state index in [1.54, 1.807) is 18.2 Å². The van der Waals surface area contributed by atoms with Crippen molar-refractivity contribution in [1.29, 1.82) is 0 Å². The molecule has 0 atom stereocenters. The fraction of sp³-hybridized carbons (Fsp3) is 0.286. The highest BCUT2D eigenvalue weighted by molar-refractivity contribution is 7.22. The maximum atomic E-state index is 12.4. The van der Waals surface area contributed by atoms with Crippen molar-refractivity contribution in [2.24, 2.45) is 0 Å². The van der Waals surface area contributed by atoms with Gasteiger partial charge < -0.3 is 9.64 Å². The Kier molecular flexibility index (Phi) is 7.27. The van der Waals surface area contributed by atoms with Crippen molar-refractivity contribution in [1.82, 2.24) is 4.98 Å². The van der Waals surface area contributed by atoms with Crippen molar-refractivity contribution in [3.8, 4) is 0 Å². The average molecular weight is 444 g/mol. The molecule has 1 heterocycles. The highest BCUT2D eigenvalue weighted by atomic mass is 32.1. The lowest BCUT2D eigenvalue weighted by Gasteiger charge is -2.14. The molecule has 2 N–H and O–H groups in total. The summed E-state index contributed by atoms with van der Waals surface area (Å²) in [4.78, 5) is 40.6. The number of carbonyl (C=O) groups excluding carboxylic acids is 2. The lowest BCUT2D eigenvalue weighted by molar-refractivity contribution is -0.896. The molecule has 0 aliphatic rings. The van der Waals surface area contributed by atoms with Gasteiger partial charge in [-0.05, 0) is 44.2 Å². The van der Waals surface area contributed by atoms with Gasteiger partial charge in [-0.15, -0.1) is 0 Å². The van der Waals surface area contributed by atoms with E-state index in [1.165, 1.54) is 40.5 Å². The summed E-state index contributed by atoms with van der Waals surface area (Å²) in [6.07, 6.45) is 0. The molecule has 0 saturated heterocycles. The van der Waals surface area contributed by atoms with Crippen molar-refractivity contribution >= 4 is 44.2 Å². The van der Waals surface area contributed by atoms with Gasteiger partial charge in [0.05, 0.1) is 33.8 Å². The Labute approximate surface area is 182 Å². The molecular formula is C21H23N4O5S+. The number of ether oxygens (including phenoxy) is 1. The molecule has 1 aromatic heterocycles. The van der Waals surface area contributed by atoms with Crippen LogP contribution in [0.15, 0.2) is 42.5 Å². The number of likely N-dealkylation sites (N-methyl/N-ethyl adjacent to an activating group) is 1. The van der Waals surface area contributed by atoms with Crippen LogP contribution in [0.3, 0.4) is 0 Å². The minimum atomic E-state index is -0.525. The van der Waals surface area contributed by atoms with Gasteiger partial charge >= 0.3 is 5.97 Å². The predicted molar refractivity (Wildman–Crippen MR) is 118 cm³/mol. The maximum Gasteiger partial charge on any atom is 0.338 e. The Hall–Kier alpha value is -3.37. The zero-order chi connectivity index (χ0) is 22.4. The number of non-ortho nitro benzene ring substituents is 1. The Balaban J connectivity index is 1.65. The Morgan fingerprint density at radius 3 is 2.45 bits per heavy atom. The number of amides is 1. The van der Waals surface area contributed by atoms with Crippen LogP contribution in [0.25, 0.3) is 10.2 Å². The Morgan fingerprint density at radius 2 is 1.81 bits per heavy atom. The van der Waals surface area contributed by atoms with Crippen LogP contribution in [0.1, 0.15) is 34.6 Å². The number of quaternary nitrogens is 1. The van der Waals surface area contributed by atoms with E-state index in [2.05, 4.69) is 24.1 Å². The highest BCUT2D eigenvalue weighted by Crippen LogP contribution is 2.27. The first kappa shape index (κ1) is 22.3. The molecule has 0 unspecified atom stereocenters. The molecule has 0 fully saturated rings. The Morgan fingerprint density at radius 1 is 1.13 bits per heavy atom. The first-order valence-electron chi connectivity index (χ1n) is 9.88. The number of thiazole rings is 1. The van der Waals surface area contributed by atoms with Gasteiger partial charge in [0.2, 0.25) is 0 Å². The van der Waals surface area contributed by atoms with Crippen LogP contribution in [0, 0.1) is 10.1 Å². The van der Waals surface area contributed by atoms with Crippen LogP contribution < -0.4 is 10.2 Å². The van der Waals surface area contributed by atoms with Crippen molar-refractivity contribution in [3.05, 3.63) is 63.7 Å². The van der Waals surface area contributed by atoms with Crippen LogP contribution in [-0.2, 0) is 4.74 Å². The molecule has 0 saturated carbocycles. The zero-order valence-electron chi connectivity index (χ0n) is 17.2. The molecular weight excluding hydrogens is 420 g/mol. The molecule has 0 radical (unpaired) electrons. The standard InChI is InChI=1S/C21H22N4O5S/c1-3-24(4-2)11-12-30-20(27)15-7-10-17-18(13-15)31-21(22-17)23-19(26)14-5-8-16(9-6-14)25(28)29/h5-10,13H,3-4,11-12H2,1-2H3,(H,22,23,26)/p+1. The van der Waals surface area contributed by atoms with Gasteiger partial charge in [0.1, 0.15) is 13.2 Å². The van der Waals surface area contributed by atoms with E-state index in [1.807, 2.05) is 0 Å². The van der Waals surface area contributed by atoms with Gasteiger partial charge in [0.25, 0.3) is 11.6 Å². The van der Waals surface area contributed by atoms with E-state index in [4.69, 9.17) is 4.74 Å². The molecule has 31 heavy (non-hydrogen) atoms. The molecule has 2 aromatic carbocycles. The van der Waals surface area contributed by atoms with Gasteiger partial charge in [-0.2, -0.15) is 0 Å². The first-order valence-corrected chi connectivity index (χ1v) is 10.7. The second-order valence-electron chi connectivity index (χ2n) is 6.80. The van der Waals surface area contributed by atoms with Gasteiger partial charge in [0, 0.05) is 17.7 Å².